The van der Waals surface area contributed by atoms with Gasteiger partial charge in [-0.1, -0.05) is 23.7 Å². The van der Waals surface area contributed by atoms with Crippen LogP contribution in [0.2, 0.25) is 5.02 Å². The maximum atomic E-state index is 12.2. The zero-order chi connectivity index (χ0) is 19.1. The molecule has 6 nitrogen and oxygen atoms in total. The minimum atomic E-state index is -0.313. The number of hydrogen-bond acceptors (Lipinski definition) is 5. The van der Waals surface area contributed by atoms with Crippen LogP contribution < -0.4 is 10.6 Å². The highest BCUT2D eigenvalue weighted by Gasteiger charge is 2.08. The first-order chi connectivity index (χ1) is 13.1. The Morgan fingerprint density at radius 1 is 1.04 bits per heavy atom. The largest absolute Gasteiger partial charge is 0.354 e. The molecule has 0 saturated heterocycles. The van der Waals surface area contributed by atoms with Gasteiger partial charge >= 0.3 is 0 Å². The molecule has 0 aliphatic carbocycles. The highest BCUT2D eigenvalue weighted by molar-refractivity contribution is 6.30. The van der Waals surface area contributed by atoms with E-state index in [2.05, 4.69) is 20.6 Å². The monoisotopic (exact) mass is 377 g/mol. The average Bonchev–Trinajstić information content (AvgIpc) is 2.70. The minimum absolute atomic E-state index is 0.313. The van der Waals surface area contributed by atoms with Crippen molar-refractivity contribution in [3.63, 3.8) is 0 Å². The summed E-state index contributed by atoms with van der Waals surface area (Å²) in [5, 5.41) is 15.4. The van der Waals surface area contributed by atoms with Crippen LogP contribution in [0.5, 0.6) is 0 Å². The van der Waals surface area contributed by atoms with Gasteiger partial charge in [-0.25, -0.2) is 9.97 Å². The van der Waals surface area contributed by atoms with Crippen LogP contribution in [0.3, 0.4) is 0 Å². The number of halogens is 1. The van der Waals surface area contributed by atoms with E-state index in [1.165, 1.54) is 12.4 Å². The van der Waals surface area contributed by atoms with Crippen molar-refractivity contribution in [3.05, 3.63) is 82.6 Å². The Bertz CT molecular complexity index is 948. The third-order valence-electron chi connectivity index (χ3n) is 3.80. The first-order valence-electron chi connectivity index (χ1n) is 8.26. The summed E-state index contributed by atoms with van der Waals surface area (Å²) in [4.78, 5) is 20.6. The van der Waals surface area contributed by atoms with Crippen molar-refractivity contribution in [2.24, 2.45) is 0 Å². The summed E-state index contributed by atoms with van der Waals surface area (Å²) in [6.45, 7) is 0.665. The molecule has 0 unspecified atom stereocenters. The summed E-state index contributed by atoms with van der Waals surface area (Å²) < 4.78 is 0. The molecule has 3 aromatic rings. The van der Waals surface area contributed by atoms with Crippen LogP contribution in [-0.4, -0.2) is 22.4 Å². The molecule has 0 radical (unpaired) electrons. The molecular weight excluding hydrogens is 362 g/mol. The molecule has 0 aliphatic rings. The molecule has 0 fully saturated rings. The van der Waals surface area contributed by atoms with Crippen molar-refractivity contribution < 1.29 is 4.79 Å². The molecule has 2 N–H and O–H groups in total. The van der Waals surface area contributed by atoms with Gasteiger partial charge in [0.15, 0.2) is 0 Å². The van der Waals surface area contributed by atoms with E-state index in [4.69, 9.17) is 16.9 Å². The maximum Gasteiger partial charge on any atom is 0.258 e. The van der Waals surface area contributed by atoms with Gasteiger partial charge in [0.05, 0.1) is 17.2 Å². The molecule has 0 saturated carbocycles. The van der Waals surface area contributed by atoms with Crippen LogP contribution >= 0.6 is 11.6 Å². The first-order valence-corrected chi connectivity index (χ1v) is 8.64. The van der Waals surface area contributed by atoms with Gasteiger partial charge in [0.25, 0.3) is 5.91 Å². The number of aromatic nitrogens is 2. The molecule has 2 aromatic carbocycles. The molecular formula is C20H16ClN5O. The lowest BCUT2D eigenvalue weighted by Gasteiger charge is -2.07. The number of anilines is 2. The molecule has 0 spiro atoms. The Morgan fingerprint density at radius 2 is 1.70 bits per heavy atom. The molecule has 1 heterocycles. The second-order valence-corrected chi connectivity index (χ2v) is 6.18. The van der Waals surface area contributed by atoms with Gasteiger partial charge < -0.3 is 10.6 Å². The zero-order valence-electron chi connectivity index (χ0n) is 14.3. The van der Waals surface area contributed by atoms with Crippen LogP contribution in [0.1, 0.15) is 21.5 Å². The smallest absolute Gasteiger partial charge is 0.258 e. The van der Waals surface area contributed by atoms with Crippen LogP contribution in [-0.2, 0) is 6.42 Å². The Morgan fingerprint density at radius 3 is 2.33 bits per heavy atom. The first kappa shape index (κ1) is 18.4. The topological polar surface area (TPSA) is 90.7 Å². The van der Waals surface area contributed by atoms with E-state index in [9.17, 15) is 4.79 Å². The van der Waals surface area contributed by atoms with Crippen molar-refractivity contribution in [2.45, 2.75) is 6.42 Å². The van der Waals surface area contributed by atoms with Crippen molar-refractivity contribution >= 4 is 29.1 Å². The molecule has 0 atom stereocenters. The number of hydrogen-bond donors (Lipinski definition) is 2. The second-order valence-electron chi connectivity index (χ2n) is 5.74. The van der Waals surface area contributed by atoms with E-state index in [1.54, 1.807) is 24.3 Å². The number of carbonyl (C=O) groups excluding carboxylic acids is 1. The van der Waals surface area contributed by atoms with E-state index < -0.39 is 0 Å². The molecule has 1 aromatic heterocycles. The SMILES string of the molecule is N#Cc1ccc(NC(=O)c2cnc(NCCc3ccc(Cl)cc3)nc2)cc1. The molecule has 1 amide bonds. The van der Waals surface area contributed by atoms with Gasteiger partial charge in [-0.2, -0.15) is 5.26 Å². The lowest BCUT2D eigenvalue weighted by Crippen LogP contribution is -2.14. The van der Waals surface area contributed by atoms with E-state index in [1.807, 2.05) is 30.3 Å². The van der Waals surface area contributed by atoms with Crippen LogP contribution in [0.15, 0.2) is 60.9 Å². The fraction of sp³-hybridized carbons (Fsp3) is 0.100. The number of carbonyl (C=O) groups is 1. The normalized spacial score (nSPS) is 10.1. The molecule has 27 heavy (non-hydrogen) atoms. The lowest BCUT2D eigenvalue weighted by atomic mass is 10.1. The Labute approximate surface area is 161 Å². The molecule has 0 bridgehead atoms. The Hall–Kier alpha value is -3.43. The predicted octanol–water partition coefficient (Wildman–Crippen LogP) is 3.91. The van der Waals surface area contributed by atoms with Crippen LogP contribution in [0, 0.1) is 11.3 Å². The van der Waals surface area contributed by atoms with Crippen molar-refractivity contribution in [1.82, 2.24) is 9.97 Å². The number of rotatable bonds is 6. The third kappa shape index (κ3) is 5.27. The molecule has 3 rings (SSSR count). The quantitative estimate of drug-likeness (QED) is 0.679. The lowest BCUT2D eigenvalue weighted by molar-refractivity contribution is 0.102. The summed E-state index contributed by atoms with van der Waals surface area (Å²) in [5.41, 5.74) is 2.64. The number of nitrogens with one attached hydrogen (secondary N) is 2. The number of nitrogens with zero attached hydrogens (tertiary/aromatic N) is 3. The van der Waals surface area contributed by atoms with Gasteiger partial charge in [-0.3, -0.25) is 4.79 Å². The second kappa shape index (κ2) is 8.79. The predicted molar refractivity (Wildman–Crippen MR) is 105 cm³/mol. The number of nitriles is 1. The fourth-order valence-corrected chi connectivity index (χ4v) is 2.46. The van der Waals surface area contributed by atoms with Crippen LogP contribution in [0.25, 0.3) is 0 Å². The standard InChI is InChI=1S/C20H16ClN5O/c21-17-5-1-14(2-6-17)9-10-23-20-24-12-16(13-25-20)19(27)26-18-7-3-15(11-22)4-8-18/h1-8,12-13H,9-10H2,(H,26,27)(H,23,24,25). The van der Waals surface area contributed by atoms with Crippen molar-refractivity contribution in [1.29, 1.82) is 5.26 Å². The van der Waals surface area contributed by atoms with E-state index in [0.717, 1.165) is 12.0 Å². The Balaban J connectivity index is 1.52. The minimum Gasteiger partial charge on any atom is -0.354 e. The summed E-state index contributed by atoms with van der Waals surface area (Å²) in [6, 6.07) is 16.3. The zero-order valence-corrected chi connectivity index (χ0v) is 15.1. The van der Waals surface area contributed by atoms with E-state index >= 15 is 0 Å². The van der Waals surface area contributed by atoms with Gasteiger partial charge in [0, 0.05) is 29.6 Å². The molecule has 0 aliphatic heterocycles. The van der Waals surface area contributed by atoms with Gasteiger partial charge in [0.2, 0.25) is 5.95 Å². The summed E-state index contributed by atoms with van der Waals surface area (Å²) in [6.07, 6.45) is 3.74. The summed E-state index contributed by atoms with van der Waals surface area (Å²) in [7, 11) is 0. The number of amides is 1. The molecule has 7 heteroatoms. The van der Waals surface area contributed by atoms with Gasteiger partial charge in [0.1, 0.15) is 0 Å². The van der Waals surface area contributed by atoms with Gasteiger partial charge in [-0.05, 0) is 48.4 Å². The number of benzene rings is 2. The highest BCUT2D eigenvalue weighted by Crippen LogP contribution is 2.12. The van der Waals surface area contributed by atoms with Gasteiger partial charge in [-0.15, -0.1) is 0 Å². The summed E-state index contributed by atoms with van der Waals surface area (Å²) >= 11 is 5.87. The average molecular weight is 378 g/mol. The van der Waals surface area contributed by atoms with Crippen molar-refractivity contribution in [2.75, 3.05) is 17.2 Å². The Kier molecular flexibility index (Phi) is 5.98. The fourth-order valence-electron chi connectivity index (χ4n) is 2.34. The third-order valence-corrected chi connectivity index (χ3v) is 4.05. The maximum absolute atomic E-state index is 12.2. The van der Waals surface area contributed by atoms with Crippen molar-refractivity contribution in [3.8, 4) is 6.07 Å². The van der Waals surface area contributed by atoms with E-state index in [0.29, 0.717) is 34.3 Å². The summed E-state index contributed by atoms with van der Waals surface area (Å²) in [5.74, 6) is 0.145. The van der Waals surface area contributed by atoms with E-state index in [-0.39, 0.29) is 5.91 Å². The van der Waals surface area contributed by atoms with Crippen LogP contribution in [0.4, 0.5) is 11.6 Å². The highest BCUT2D eigenvalue weighted by atomic mass is 35.5. The molecule has 134 valence electrons.